The maximum absolute atomic E-state index is 12.6. The summed E-state index contributed by atoms with van der Waals surface area (Å²) < 4.78 is 15.9. The minimum atomic E-state index is -0.520. The molecule has 0 fully saturated rings. The van der Waals surface area contributed by atoms with Crippen LogP contribution in [0.1, 0.15) is 18.1 Å². The standard InChI is InChI=1S/C20H24N2O6/c1-5-21(12-15-7-9-18(26-3)19(11-15)27-4)20(23)13-28-17-8-6-14(2)10-16(17)22(24)25/h6-11H,5,12-13H2,1-4H3. The molecule has 0 unspecified atom stereocenters. The normalized spacial score (nSPS) is 10.3. The predicted octanol–water partition coefficient (Wildman–Crippen LogP) is 3.35. The molecule has 28 heavy (non-hydrogen) atoms. The Morgan fingerprint density at radius 3 is 2.36 bits per heavy atom. The maximum atomic E-state index is 12.6. The third-order valence-electron chi connectivity index (χ3n) is 4.22. The summed E-state index contributed by atoms with van der Waals surface area (Å²) in [6.07, 6.45) is 0. The summed E-state index contributed by atoms with van der Waals surface area (Å²) in [5.41, 5.74) is 1.46. The van der Waals surface area contributed by atoms with Crippen molar-refractivity contribution in [3.63, 3.8) is 0 Å². The second kappa shape index (κ2) is 9.59. The monoisotopic (exact) mass is 388 g/mol. The Balaban J connectivity index is 2.07. The second-order valence-corrected chi connectivity index (χ2v) is 6.11. The van der Waals surface area contributed by atoms with Gasteiger partial charge in [0, 0.05) is 19.2 Å². The molecule has 2 aromatic carbocycles. The molecule has 0 aliphatic heterocycles. The molecule has 0 aliphatic carbocycles. The van der Waals surface area contributed by atoms with E-state index in [0.29, 0.717) is 24.6 Å². The molecule has 0 aromatic heterocycles. The third-order valence-corrected chi connectivity index (χ3v) is 4.22. The number of benzene rings is 2. The van der Waals surface area contributed by atoms with Crippen LogP contribution in [0.25, 0.3) is 0 Å². The van der Waals surface area contributed by atoms with Gasteiger partial charge in [0.2, 0.25) is 0 Å². The van der Waals surface area contributed by atoms with Gasteiger partial charge in [-0.3, -0.25) is 14.9 Å². The molecule has 0 bridgehead atoms. The molecule has 0 atom stereocenters. The van der Waals surface area contributed by atoms with Crippen LogP contribution in [-0.2, 0) is 11.3 Å². The molecule has 0 radical (unpaired) electrons. The van der Waals surface area contributed by atoms with Gasteiger partial charge in [0.25, 0.3) is 5.91 Å². The number of methoxy groups -OCH3 is 2. The van der Waals surface area contributed by atoms with E-state index in [2.05, 4.69) is 0 Å². The van der Waals surface area contributed by atoms with Gasteiger partial charge in [0.1, 0.15) is 0 Å². The van der Waals surface area contributed by atoms with E-state index in [9.17, 15) is 14.9 Å². The number of ether oxygens (including phenoxy) is 3. The number of nitro benzene ring substituents is 1. The third kappa shape index (κ3) is 5.12. The van der Waals surface area contributed by atoms with Crippen LogP contribution in [0.5, 0.6) is 17.2 Å². The molecule has 0 aliphatic rings. The van der Waals surface area contributed by atoms with E-state index in [1.165, 1.54) is 12.1 Å². The molecular formula is C20H24N2O6. The Kier molecular flexibility index (Phi) is 7.20. The van der Waals surface area contributed by atoms with Gasteiger partial charge in [0.15, 0.2) is 23.9 Å². The number of carbonyl (C=O) groups is 1. The first-order valence-corrected chi connectivity index (χ1v) is 8.76. The summed E-state index contributed by atoms with van der Waals surface area (Å²) in [6, 6.07) is 10.1. The Morgan fingerprint density at radius 1 is 1.07 bits per heavy atom. The Labute approximate surface area is 163 Å². The lowest BCUT2D eigenvalue weighted by atomic mass is 10.2. The zero-order chi connectivity index (χ0) is 20.7. The number of aryl methyl sites for hydroxylation is 1. The minimum absolute atomic E-state index is 0.0751. The van der Waals surface area contributed by atoms with Gasteiger partial charge in [0.05, 0.1) is 19.1 Å². The Morgan fingerprint density at radius 2 is 1.75 bits per heavy atom. The van der Waals surface area contributed by atoms with Crippen molar-refractivity contribution >= 4 is 11.6 Å². The first-order valence-electron chi connectivity index (χ1n) is 8.76. The highest BCUT2D eigenvalue weighted by molar-refractivity contribution is 5.78. The zero-order valence-electron chi connectivity index (χ0n) is 16.4. The number of hydrogen-bond donors (Lipinski definition) is 0. The summed E-state index contributed by atoms with van der Waals surface area (Å²) in [5, 5.41) is 11.2. The average Bonchev–Trinajstić information content (AvgIpc) is 2.70. The smallest absolute Gasteiger partial charge is 0.311 e. The van der Waals surface area contributed by atoms with Crippen molar-refractivity contribution in [2.24, 2.45) is 0 Å². The van der Waals surface area contributed by atoms with E-state index in [0.717, 1.165) is 11.1 Å². The van der Waals surface area contributed by atoms with Crippen LogP contribution >= 0.6 is 0 Å². The number of nitrogens with zero attached hydrogens (tertiary/aromatic N) is 2. The number of amides is 1. The molecule has 2 rings (SSSR count). The highest BCUT2D eigenvalue weighted by Gasteiger charge is 2.19. The van der Waals surface area contributed by atoms with E-state index >= 15 is 0 Å². The Bertz CT molecular complexity index is 853. The van der Waals surface area contributed by atoms with Crippen molar-refractivity contribution < 1.29 is 23.9 Å². The van der Waals surface area contributed by atoms with E-state index in [1.54, 1.807) is 44.2 Å². The van der Waals surface area contributed by atoms with Gasteiger partial charge in [-0.05, 0) is 43.2 Å². The molecule has 150 valence electrons. The van der Waals surface area contributed by atoms with Crippen molar-refractivity contribution in [1.29, 1.82) is 0 Å². The van der Waals surface area contributed by atoms with Crippen LogP contribution < -0.4 is 14.2 Å². The highest BCUT2D eigenvalue weighted by atomic mass is 16.6. The summed E-state index contributed by atoms with van der Waals surface area (Å²) >= 11 is 0. The Hall–Kier alpha value is -3.29. The minimum Gasteiger partial charge on any atom is -0.493 e. The van der Waals surface area contributed by atoms with Gasteiger partial charge in [-0.25, -0.2) is 0 Å². The summed E-state index contributed by atoms with van der Waals surface area (Å²) in [7, 11) is 3.10. The van der Waals surface area contributed by atoms with Crippen LogP contribution in [0, 0.1) is 17.0 Å². The largest absolute Gasteiger partial charge is 0.493 e. The van der Waals surface area contributed by atoms with Crippen molar-refractivity contribution in [1.82, 2.24) is 4.90 Å². The molecule has 0 heterocycles. The van der Waals surface area contributed by atoms with Crippen molar-refractivity contribution in [3.05, 3.63) is 57.6 Å². The van der Waals surface area contributed by atoms with Crippen LogP contribution in [0.15, 0.2) is 36.4 Å². The number of likely N-dealkylation sites (N-methyl/N-ethyl adjacent to an activating group) is 1. The fourth-order valence-corrected chi connectivity index (χ4v) is 2.70. The molecular weight excluding hydrogens is 364 g/mol. The first kappa shape index (κ1) is 21.0. The topological polar surface area (TPSA) is 91.1 Å². The van der Waals surface area contributed by atoms with Crippen molar-refractivity contribution in [2.45, 2.75) is 20.4 Å². The van der Waals surface area contributed by atoms with Gasteiger partial charge >= 0.3 is 5.69 Å². The first-order chi connectivity index (χ1) is 13.4. The van der Waals surface area contributed by atoms with E-state index in [-0.39, 0.29) is 24.0 Å². The lowest BCUT2D eigenvalue weighted by Gasteiger charge is -2.21. The quantitative estimate of drug-likeness (QED) is 0.483. The van der Waals surface area contributed by atoms with Gasteiger partial charge in [-0.1, -0.05) is 12.1 Å². The van der Waals surface area contributed by atoms with E-state index in [4.69, 9.17) is 14.2 Å². The SMILES string of the molecule is CCN(Cc1ccc(OC)c(OC)c1)C(=O)COc1ccc(C)cc1[N+](=O)[O-]. The maximum Gasteiger partial charge on any atom is 0.311 e. The number of nitro groups is 1. The average molecular weight is 388 g/mol. The zero-order valence-corrected chi connectivity index (χ0v) is 16.4. The number of hydrogen-bond acceptors (Lipinski definition) is 6. The molecule has 0 saturated heterocycles. The summed E-state index contributed by atoms with van der Waals surface area (Å²) in [5.74, 6) is 0.990. The van der Waals surface area contributed by atoms with Gasteiger partial charge in [-0.15, -0.1) is 0 Å². The molecule has 0 spiro atoms. The van der Waals surface area contributed by atoms with E-state index < -0.39 is 4.92 Å². The van der Waals surface area contributed by atoms with Crippen LogP contribution in [0.3, 0.4) is 0 Å². The fourth-order valence-electron chi connectivity index (χ4n) is 2.70. The molecule has 8 nitrogen and oxygen atoms in total. The van der Waals surface area contributed by atoms with Crippen molar-refractivity contribution in [3.8, 4) is 17.2 Å². The predicted molar refractivity (Wildman–Crippen MR) is 104 cm³/mol. The summed E-state index contributed by atoms with van der Waals surface area (Å²) in [6.45, 7) is 4.14. The molecule has 0 N–H and O–H groups in total. The van der Waals surface area contributed by atoms with Crippen LogP contribution in [0.4, 0.5) is 5.69 Å². The number of carbonyl (C=O) groups excluding carboxylic acids is 1. The van der Waals surface area contributed by atoms with E-state index in [1.807, 2.05) is 13.0 Å². The van der Waals surface area contributed by atoms with Crippen LogP contribution in [-0.4, -0.2) is 43.1 Å². The molecule has 0 saturated carbocycles. The summed E-state index contributed by atoms with van der Waals surface area (Å²) in [4.78, 5) is 24.8. The van der Waals surface area contributed by atoms with Gasteiger partial charge < -0.3 is 19.1 Å². The fraction of sp³-hybridized carbons (Fsp3) is 0.350. The number of rotatable bonds is 9. The lowest BCUT2D eigenvalue weighted by Crippen LogP contribution is -2.34. The highest BCUT2D eigenvalue weighted by Crippen LogP contribution is 2.29. The molecule has 1 amide bonds. The lowest BCUT2D eigenvalue weighted by molar-refractivity contribution is -0.385. The van der Waals surface area contributed by atoms with Crippen molar-refractivity contribution in [2.75, 3.05) is 27.4 Å². The second-order valence-electron chi connectivity index (χ2n) is 6.11. The van der Waals surface area contributed by atoms with Gasteiger partial charge in [-0.2, -0.15) is 0 Å². The molecule has 8 heteroatoms. The van der Waals surface area contributed by atoms with Crippen LogP contribution in [0.2, 0.25) is 0 Å². The molecule has 2 aromatic rings.